The van der Waals surface area contributed by atoms with Gasteiger partial charge in [0, 0.05) is 0 Å². The van der Waals surface area contributed by atoms with Gasteiger partial charge >= 0.3 is 5.97 Å². The fourth-order valence-electron chi connectivity index (χ4n) is 1.77. The van der Waals surface area contributed by atoms with Crippen molar-refractivity contribution < 1.29 is 19.4 Å². The summed E-state index contributed by atoms with van der Waals surface area (Å²) in [5.41, 5.74) is 0. The lowest BCUT2D eigenvalue weighted by atomic mass is 10.0. The van der Waals surface area contributed by atoms with Crippen LogP contribution in [0.5, 0.6) is 5.75 Å². The molecule has 0 aliphatic rings. The first-order chi connectivity index (χ1) is 9.81. The Morgan fingerprint density at radius 1 is 1.29 bits per heavy atom. The van der Waals surface area contributed by atoms with Crippen LogP contribution in [0.1, 0.15) is 27.2 Å². The number of nitrogens with one attached hydrogen (secondary N) is 1. The predicted molar refractivity (Wildman–Crippen MR) is 83.3 cm³/mol. The van der Waals surface area contributed by atoms with E-state index in [0.29, 0.717) is 12.2 Å². The molecule has 1 amide bonds. The Hall–Kier alpha value is -1.56. The van der Waals surface area contributed by atoms with Gasteiger partial charge in [-0.25, -0.2) is 4.79 Å². The lowest BCUT2D eigenvalue weighted by Crippen LogP contribution is -2.46. The number of carbonyl (C=O) groups excluding carboxylic acids is 1. The van der Waals surface area contributed by atoms with Gasteiger partial charge in [0.25, 0.3) is 5.91 Å². The van der Waals surface area contributed by atoms with E-state index in [1.807, 2.05) is 19.9 Å². The van der Waals surface area contributed by atoms with Crippen molar-refractivity contribution in [1.29, 1.82) is 0 Å². The van der Waals surface area contributed by atoms with E-state index in [-0.39, 0.29) is 5.92 Å². The molecule has 0 fully saturated rings. The molecule has 2 N–H and O–H groups in total. The molecule has 0 aromatic heterocycles. The first-order valence-corrected chi connectivity index (χ1v) is 7.55. The van der Waals surface area contributed by atoms with Crippen LogP contribution in [0.25, 0.3) is 0 Å². The highest BCUT2D eigenvalue weighted by molar-refractivity contribution is 9.10. The molecule has 1 aromatic carbocycles. The minimum absolute atomic E-state index is 0.172. The number of rotatable bonds is 7. The smallest absolute Gasteiger partial charge is 0.326 e. The molecule has 6 heteroatoms. The topological polar surface area (TPSA) is 75.6 Å². The number of para-hydroxylation sites is 1. The van der Waals surface area contributed by atoms with Crippen LogP contribution in [0.4, 0.5) is 0 Å². The first-order valence-electron chi connectivity index (χ1n) is 6.75. The molecule has 0 spiro atoms. The summed E-state index contributed by atoms with van der Waals surface area (Å²) >= 11 is 3.33. The Labute approximate surface area is 132 Å². The lowest BCUT2D eigenvalue weighted by molar-refractivity contribution is -0.143. The largest absolute Gasteiger partial charge is 0.480 e. The third kappa shape index (κ3) is 5.75. The Morgan fingerprint density at radius 2 is 1.90 bits per heavy atom. The molecule has 1 rings (SSSR count). The van der Waals surface area contributed by atoms with Crippen molar-refractivity contribution in [3.63, 3.8) is 0 Å². The fourth-order valence-corrected chi connectivity index (χ4v) is 2.14. The number of carbonyl (C=O) groups is 2. The van der Waals surface area contributed by atoms with E-state index < -0.39 is 24.0 Å². The van der Waals surface area contributed by atoms with Crippen molar-refractivity contribution in [2.24, 2.45) is 5.92 Å². The summed E-state index contributed by atoms with van der Waals surface area (Å²) in [6, 6.07) is 6.27. The van der Waals surface area contributed by atoms with Gasteiger partial charge in [-0.1, -0.05) is 26.0 Å². The molecule has 0 saturated heterocycles. The summed E-state index contributed by atoms with van der Waals surface area (Å²) in [6.45, 7) is 5.40. The molecule has 0 aliphatic carbocycles. The van der Waals surface area contributed by atoms with Crippen LogP contribution >= 0.6 is 15.9 Å². The minimum Gasteiger partial charge on any atom is -0.480 e. The molecular formula is C15H20BrNO4. The predicted octanol–water partition coefficient (Wildman–Crippen LogP) is 2.83. The number of ether oxygens (including phenoxy) is 1. The van der Waals surface area contributed by atoms with Crippen molar-refractivity contribution in [2.75, 3.05) is 0 Å². The van der Waals surface area contributed by atoms with Gasteiger partial charge in [-0.2, -0.15) is 0 Å². The molecule has 116 valence electrons. The second-order valence-electron chi connectivity index (χ2n) is 5.22. The summed E-state index contributed by atoms with van der Waals surface area (Å²) in [4.78, 5) is 23.2. The zero-order chi connectivity index (χ0) is 16.0. The Morgan fingerprint density at radius 3 is 2.43 bits per heavy atom. The van der Waals surface area contributed by atoms with Crippen LogP contribution in [-0.2, 0) is 9.59 Å². The van der Waals surface area contributed by atoms with Crippen LogP contribution in [0.15, 0.2) is 28.7 Å². The van der Waals surface area contributed by atoms with Crippen molar-refractivity contribution in [3.8, 4) is 5.75 Å². The van der Waals surface area contributed by atoms with Gasteiger partial charge in [0.2, 0.25) is 0 Å². The van der Waals surface area contributed by atoms with E-state index in [4.69, 9.17) is 9.84 Å². The van der Waals surface area contributed by atoms with E-state index in [0.717, 1.165) is 4.47 Å². The van der Waals surface area contributed by atoms with Crippen LogP contribution < -0.4 is 10.1 Å². The number of benzene rings is 1. The number of amides is 1. The summed E-state index contributed by atoms with van der Waals surface area (Å²) in [5.74, 6) is -0.772. The maximum atomic E-state index is 12.0. The lowest BCUT2D eigenvalue weighted by Gasteiger charge is -2.20. The molecular weight excluding hydrogens is 338 g/mol. The highest BCUT2D eigenvalue weighted by Crippen LogP contribution is 2.24. The third-order valence-electron chi connectivity index (χ3n) is 2.83. The second kappa shape index (κ2) is 8.02. The van der Waals surface area contributed by atoms with E-state index in [2.05, 4.69) is 21.2 Å². The van der Waals surface area contributed by atoms with Crippen LogP contribution in [0.2, 0.25) is 0 Å². The van der Waals surface area contributed by atoms with Gasteiger partial charge in [-0.15, -0.1) is 0 Å². The maximum absolute atomic E-state index is 12.0. The van der Waals surface area contributed by atoms with Crippen molar-refractivity contribution in [3.05, 3.63) is 28.7 Å². The summed E-state index contributed by atoms with van der Waals surface area (Å²) < 4.78 is 6.28. The Kier molecular flexibility index (Phi) is 6.68. The Balaban J connectivity index is 2.65. The monoisotopic (exact) mass is 357 g/mol. The van der Waals surface area contributed by atoms with E-state index in [1.165, 1.54) is 0 Å². The van der Waals surface area contributed by atoms with Crippen molar-refractivity contribution in [2.45, 2.75) is 39.3 Å². The quantitative estimate of drug-likeness (QED) is 0.786. The van der Waals surface area contributed by atoms with Gasteiger partial charge in [0.1, 0.15) is 11.8 Å². The molecule has 0 aliphatic heterocycles. The number of aliphatic carboxylic acids is 1. The van der Waals surface area contributed by atoms with Crippen LogP contribution in [0, 0.1) is 5.92 Å². The summed E-state index contributed by atoms with van der Waals surface area (Å²) in [5, 5.41) is 11.6. The molecule has 2 unspecified atom stereocenters. The molecule has 1 aromatic rings. The molecule has 2 atom stereocenters. The number of carboxylic acids is 1. The third-order valence-corrected chi connectivity index (χ3v) is 3.49. The van der Waals surface area contributed by atoms with Gasteiger partial charge in [-0.3, -0.25) is 4.79 Å². The van der Waals surface area contributed by atoms with Crippen molar-refractivity contribution >= 4 is 27.8 Å². The van der Waals surface area contributed by atoms with Gasteiger partial charge in [0.15, 0.2) is 6.10 Å². The number of hydrogen-bond donors (Lipinski definition) is 2. The number of hydrogen-bond acceptors (Lipinski definition) is 3. The van der Waals surface area contributed by atoms with E-state index >= 15 is 0 Å². The van der Waals surface area contributed by atoms with E-state index in [9.17, 15) is 9.59 Å². The average Bonchev–Trinajstić information content (AvgIpc) is 2.39. The molecule has 0 radical (unpaired) electrons. The molecule has 0 heterocycles. The zero-order valence-electron chi connectivity index (χ0n) is 12.3. The first kappa shape index (κ1) is 17.5. The highest BCUT2D eigenvalue weighted by Gasteiger charge is 2.24. The normalized spacial score (nSPS) is 13.6. The molecule has 0 saturated carbocycles. The summed E-state index contributed by atoms with van der Waals surface area (Å²) in [7, 11) is 0. The number of carboxylic acid groups (broad SMARTS) is 1. The van der Waals surface area contributed by atoms with Crippen molar-refractivity contribution in [1.82, 2.24) is 5.32 Å². The van der Waals surface area contributed by atoms with E-state index in [1.54, 1.807) is 25.1 Å². The average molecular weight is 358 g/mol. The fraction of sp³-hybridized carbons (Fsp3) is 0.467. The van der Waals surface area contributed by atoms with Crippen LogP contribution in [0.3, 0.4) is 0 Å². The Bertz CT molecular complexity index is 504. The summed E-state index contributed by atoms with van der Waals surface area (Å²) in [6.07, 6.45) is -0.402. The highest BCUT2D eigenvalue weighted by atomic mass is 79.9. The molecule has 21 heavy (non-hydrogen) atoms. The second-order valence-corrected chi connectivity index (χ2v) is 6.07. The molecule has 5 nitrogen and oxygen atoms in total. The SMILES string of the molecule is CC(C)CC(NC(=O)C(C)Oc1ccccc1Br)C(=O)O. The van der Waals surface area contributed by atoms with Gasteiger partial charge in [-0.05, 0) is 47.3 Å². The van der Waals surface area contributed by atoms with Crippen LogP contribution in [-0.4, -0.2) is 29.1 Å². The zero-order valence-corrected chi connectivity index (χ0v) is 13.9. The molecule has 0 bridgehead atoms. The minimum atomic E-state index is -1.04. The van der Waals surface area contributed by atoms with Gasteiger partial charge in [0.05, 0.1) is 4.47 Å². The maximum Gasteiger partial charge on any atom is 0.326 e. The standard InChI is InChI=1S/C15H20BrNO4/c1-9(2)8-12(15(19)20)17-14(18)10(3)21-13-7-5-4-6-11(13)16/h4-7,9-10,12H,8H2,1-3H3,(H,17,18)(H,19,20). The van der Waals surface area contributed by atoms with Gasteiger partial charge < -0.3 is 15.2 Å². The number of halogens is 1.